The number of carbonyl (C=O) groups excluding carboxylic acids is 1. The van der Waals surface area contributed by atoms with Crippen LogP contribution in [0.2, 0.25) is 0 Å². The van der Waals surface area contributed by atoms with E-state index in [0.29, 0.717) is 5.56 Å². The van der Waals surface area contributed by atoms with E-state index in [9.17, 15) is 13.6 Å². The van der Waals surface area contributed by atoms with Crippen LogP contribution in [0.1, 0.15) is 5.56 Å². The SMILES string of the molecule is O=C(NCc1cccc(F)c1)C(F)Cl. The van der Waals surface area contributed by atoms with Gasteiger partial charge in [0, 0.05) is 6.54 Å². The molecule has 0 heterocycles. The second-order valence-electron chi connectivity index (χ2n) is 2.65. The largest absolute Gasteiger partial charge is 0.348 e. The molecule has 0 saturated carbocycles. The van der Waals surface area contributed by atoms with E-state index in [0.717, 1.165) is 0 Å². The fourth-order valence-electron chi connectivity index (χ4n) is 0.913. The second-order valence-corrected chi connectivity index (χ2v) is 3.03. The van der Waals surface area contributed by atoms with Crippen molar-refractivity contribution in [1.29, 1.82) is 0 Å². The third kappa shape index (κ3) is 3.30. The molecular weight excluding hydrogens is 212 g/mol. The van der Waals surface area contributed by atoms with Crippen molar-refractivity contribution in [2.24, 2.45) is 0 Å². The molecule has 0 aliphatic heterocycles. The van der Waals surface area contributed by atoms with Crippen LogP contribution in [-0.2, 0) is 11.3 Å². The highest BCUT2D eigenvalue weighted by Gasteiger charge is 2.11. The molecule has 1 N–H and O–H groups in total. The molecule has 5 heteroatoms. The van der Waals surface area contributed by atoms with Gasteiger partial charge in [0.1, 0.15) is 5.82 Å². The highest BCUT2D eigenvalue weighted by Crippen LogP contribution is 2.03. The Morgan fingerprint density at radius 2 is 2.29 bits per heavy atom. The average Bonchev–Trinajstić information content (AvgIpc) is 2.14. The van der Waals surface area contributed by atoms with Crippen molar-refractivity contribution in [2.45, 2.75) is 12.2 Å². The van der Waals surface area contributed by atoms with Gasteiger partial charge in [-0.3, -0.25) is 4.79 Å². The minimum absolute atomic E-state index is 0.0593. The predicted octanol–water partition coefficient (Wildman–Crippen LogP) is 1.98. The first-order valence-corrected chi connectivity index (χ1v) is 4.33. The highest BCUT2D eigenvalue weighted by atomic mass is 35.5. The van der Waals surface area contributed by atoms with E-state index >= 15 is 0 Å². The first-order chi connectivity index (χ1) is 6.59. The van der Waals surface area contributed by atoms with Crippen LogP contribution in [0.3, 0.4) is 0 Å². The molecule has 0 saturated heterocycles. The van der Waals surface area contributed by atoms with Crippen LogP contribution in [-0.4, -0.2) is 11.5 Å². The normalized spacial score (nSPS) is 12.2. The molecule has 1 amide bonds. The lowest BCUT2D eigenvalue weighted by Gasteiger charge is -2.04. The monoisotopic (exact) mass is 219 g/mol. The zero-order chi connectivity index (χ0) is 10.6. The number of halogens is 3. The Hall–Kier alpha value is -1.16. The number of hydrogen-bond acceptors (Lipinski definition) is 1. The molecule has 2 nitrogen and oxygen atoms in total. The molecule has 14 heavy (non-hydrogen) atoms. The lowest BCUT2D eigenvalue weighted by atomic mass is 10.2. The summed E-state index contributed by atoms with van der Waals surface area (Å²) in [6, 6.07) is 5.65. The Bertz CT molecular complexity index is 330. The van der Waals surface area contributed by atoms with Crippen LogP contribution in [0, 0.1) is 5.82 Å². The van der Waals surface area contributed by atoms with E-state index < -0.39 is 17.4 Å². The maximum absolute atomic E-state index is 12.6. The molecule has 1 aromatic rings. The molecule has 0 aromatic heterocycles. The van der Waals surface area contributed by atoms with Crippen LogP contribution in [0.4, 0.5) is 8.78 Å². The molecular formula is C9H8ClF2NO. The lowest BCUT2D eigenvalue weighted by Crippen LogP contribution is -2.28. The van der Waals surface area contributed by atoms with Gasteiger partial charge in [0.25, 0.3) is 11.5 Å². The van der Waals surface area contributed by atoms with Crippen molar-refractivity contribution in [3.05, 3.63) is 35.6 Å². The summed E-state index contributed by atoms with van der Waals surface area (Å²) in [5.74, 6) is -1.32. The molecule has 1 rings (SSSR count). The number of nitrogens with one attached hydrogen (secondary N) is 1. The maximum Gasteiger partial charge on any atom is 0.270 e. The topological polar surface area (TPSA) is 29.1 Å². The van der Waals surface area contributed by atoms with Crippen molar-refractivity contribution < 1.29 is 13.6 Å². The molecule has 0 fully saturated rings. The number of alkyl halides is 2. The first-order valence-electron chi connectivity index (χ1n) is 3.90. The van der Waals surface area contributed by atoms with Gasteiger partial charge in [0.2, 0.25) is 0 Å². The zero-order valence-corrected chi connectivity index (χ0v) is 7.89. The molecule has 0 spiro atoms. The number of hydrogen-bond donors (Lipinski definition) is 1. The van der Waals surface area contributed by atoms with E-state index in [1.165, 1.54) is 18.2 Å². The Kier molecular flexibility index (Phi) is 3.83. The smallest absolute Gasteiger partial charge is 0.270 e. The van der Waals surface area contributed by atoms with Gasteiger partial charge in [-0.25, -0.2) is 8.78 Å². The van der Waals surface area contributed by atoms with Crippen LogP contribution < -0.4 is 5.32 Å². The van der Waals surface area contributed by atoms with Crippen LogP contribution in [0.25, 0.3) is 0 Å². The Labute approximate surface area is 84.9 Å². The third-order valence-electron chi connectivity index (χ3n) is 1.55. The Morgan fingerprint density at radius 3 is 2.86 bits per heavy atom. The van der Waals surface area contributed by atoms with Gasteiger partial charge in [0.15, 0.2) is 0 Å². The molecule has 0 aliphatic rings. The summed E-state index contributed by atoms with van der Waals surface area (Å²) < 4.78 is 24.8. The van der Waals surface area contributed by atoms with Crippen molar-refractivity contribution in [3.63, 3.8) is 0 Å². The van der Waals surface area contributed by atoms with Crippen LogP contribution >= 0.6 is 11.6 Å². The molecule has 1 unspecified atom stereocenters. The van der Waals surface area contributed by atoms with Gasteiger partial charge < -0.3 is 5.32 Å². The predicted molar refractivity (Wildman–Crippen MR) is 49.0 cm³/mol. The summed E-state index contributed by atoms with van der Waals surface area (Å²) in [7, 11) is 0. The van der Waals surface area contributed by atoms with Gasteiger partial charge in [-0.05, 0) is 17.7 Å². The zero-order valence-electron chi connectivity index (χ0n) is 7.14. The summed E-state index contributed by atoms with van der Waals surface area (Å²) in [6.45, 7) is 0.0593. The molecule has 0 aliphatic carbocycles. The number of benzene rings is 1. The van der Waals surface area contributed by atoms with Crippen molar-refractivity contribution >= 4 is 17.5 Å². The first kappa shape index (κ1) is 10.9. The fraction of sp³-hybridized carbons (Fsp3) is 0.222. The van der Waals surface area contributed by atoms with Crippen LogP contribution in [0.15, 0.2) is 24.3 Å². The molecule has 0 bridgehead atoms. The van der Waals surface area contributed by atoms with Crippen molar-refractivity contribution in [3.8, 4) is 0 Å². The molecule has 0 radical (unpaired) electrons. The molecule has 1 aromatic carbocycles. The van der Waals surface area contributed by atoms with Gasteiger partial charge in [-0.2, -0.15) is 0 Å². The average molecular weight is 220 g/mol. The number of amides is 1. The van der Waals surface area contributed by atoms with E-state index in [4.69, 9.17) is 11.6 Å². The summed E-state index contributed by atoms with van der Waals surface area (Å²) in [5, 5.41) is 2.21. The van der Waals surface area contributed by atoms with Gasteiger partial charge >= 0.3 is 0 Å². The highest BCUT2D eigenvalue weighted by molar-refractivity contribution is 6.29. The van der Waals surface area contributed by atoms with E-state index in [2.05, 4.69) is 5.32 Å². The maximum atomic E-state index is 12.6. The number of rotatable bonds is 3. The van der Waals surface area contributed by atoms with E-state index in [1.54, 1.807) is 6.07 Å². The summed E-state index contributed by atoms with van der Waals surface area (Å²) in [6.07, 6.45) is 0. The lowest BCUT2D eigenvalue weighted by molar-refractivity contribution is -0.123. The standard InChI is InChI=1S/C9H8ClF2NO/c10-8(12)9(14)13-5-6-2-1-3-7(11)4-6/h1-4,8H,5H2,(H,13,14). The van der Waals surface area contributed by atoms with Gasteiger partial charge in [-0.1, -0.05) is 23.7 Å². The van der Waals surface area contributed by atoms with Crippen LogP contribution in [0.5, 0.6) is 0 Å². The van der Waals surface area contributed by atoms with Gasteiger partial charge in [-0.15, -0.1) is 0 Å². The van der Waals surface area contributed by atoms with Gasteiger partial charge in [0.05, 0.1) is 0 Å². The second kappa shape index (κ2) is 4.91. The molecule has 1 atom stereocenters. The minimum atomic E-state index is -2.07. The summed E-state index contributed by atoms with van der Waals surface area (Å²) in [4.78, 5) is 10.7. The van der Waals surface area contributed by atoms with E-state index in [1.807, 2.05) is 0 Å². The number of carbonyl (C=O) groups is 1. The summed E-state index contributed by atoms with van der Waals surface area (Å²) >= 11 is 4.87. The fourth-order valence-corrected chi connectivity index (χ4v) is 0.990. The quantitative estimate of drug-likeness (QED) is 0.774. The minimum Gasteiger partial charge on any atom is -0.348 e. The van der Waals surface area contributed by atoms with Crippen molar-refractivity contribution in [2.75, 3.05) is 0 Å². The Morgan fingerprint density at radius 1 is 1.57 bits per heavy atom. The Balaban J connectivity index is 2.50. The van der Waals surface area contributed by atoms with E-state index in [-0.39, 0.29) is 6.54 Å². The third-order valence-corrected chi connectivity index (χ3v) is 1.75. The van der Waals surface area contributed by atoms with Crippen molar-refractivity contribution in [1.82, 2.24) is 5.32 Å². The summed E-state index contributed by atoms with van der Waals surface area (Å²) in [5.41, 5.74) is -1.51. The molecule has 76 valence electrons.